The SMILES string of the molecule is CC1CCN(c2nc(N)nc3[nH]ncc23)CC1C. The Kier molecular flexibility index (Phi) is 2.57. The Balaban J connectivity index is 2.01. The van der Waals surface area contributed by atoms with E-state index in [2.05, 4.69) is 38.9 Å². The van der Waals surface area contributed by atoms with Crippen LogP contribution in [0.2, 0.25) is 0 Å². The number of hydrogen-bond donors (Lipinski definition) is 2. The van der Waals surface area contributed by atoms with E-state index >= 15 is 0 Å². The Morgan fingerprint density at radius 2 is 2.17 bits per heavy atom. The Morgan fingerprint density at radius 3 is 2.94 bits per heavy atom. The lowest BCUT2D eigenvalue weighted by Crippen LogP contribution is -2.39. The molecule has 2 aromatic heterocycles. The average molecular weight is 246 g/mol. The number of aromatic amines is 1. The third-order valence-electron chi connectivity index (χ3n) is 3.94. The molecule has 0 saturated carbocycles. The molecular formula is C12H18N6. The summed E-state index contributed by atoms with van der Waals surface area (Å²) in [6.07, 6.45) is 2.96. The Morgan fingerprint density at radius 1 is 1.33 bits per heavy atom. The number of nitrogens with zero attached hydrogens (tertiary/aromatic N) is 4. The van der Waals surface area contributed by atoms with Crippen LogP contribution in [0.4, 0.5) is 11.8 Å². The number of H-pyrrole nitrogens is 1. The first kappa shape index (κ1) is 11.3. The van der Waals surface area contributed by atoms with Crippen molar-refractivity contribution in [2.45, 2.75) is 20.3 Å². The quantitative estimate of drug-likeness (QED) is 0.795. The van der Waals surface area contributed by atoms with Crippen molar-refractivity contribution < 1.29 is 0 Å². The van der Waals surface area contributed by atoms with E-state index in [0.29, 0.717) is 17.5 Å². The number of fused-ring (bicyclic) bond motifs is 1. The number of nitrogens with two attached hydrogens (primary N) is 1. The number of nitrogens with one attached hydrogen (secondary N) is 1. The maximum Gasteiger partial charge on any atom is 0.224 e. The first-order valence-electron chi connectivity index (χ1n) is 6.36. The second-order valence-corrected chi connectivity index (χ2v) is 5.23. The van der Waals surface area contributed by atoms with Crippen molar-refractivity contribution in [1.82, 2.24) is 20.2 Å². The molecule has 0 aromatic carbocycles. The van der Waals surface area contributed by atoms with Gasteiger partial charge in [-0.1, -0.05) is 13.8 Å². The summed E-state index contributed by atoms with van der Waals surface area (Å²) in [4.78, 5) is 10.8. The van der Waals surface area contributed by atoms with E-state index in [4.69, 9.17) is 5.73 Å². The number of anilines is 2. The fourth-order valence-electron chi connectivity index (χ4n) is 2.53. The van der Waals surface area contributed by atoms with Gasteiger partial charge in [-0.3, -0.25) is 5.10 Å². The molecule has 1 aliphatic rings. The molecule has 1 aliphatic heterocycles. The highest BCUT2D eigenvalue weighted by molar-refractivity contribution is 5.87. The van der Waals surface area contributed by atoms with Crippen LogP contribution in [0, 0.1) is 11.8 Å². The predicted molar refractivity (Wildman–Crippen MR) is 71.3 cm³/mol. The minimum atomic E-state index is 0.299. The highest BCUT2D eigenvalue weighted by Crippen LogP contribution is 2.29. The molecule has 2 aromatic rings. The number of piperidine rings is 1. The first-order valence-corrected chi connectivity index (χ1v) is 6.36. The van der Waals surface area contributed by atoms with Crippen molar-refractivity contribution in [3.8, 4) is 0 Å². The van der Waals surface area contributed by atoms with E-state index < -0.39 is 0 Å². The van der Waals surface area contributed by atoms with Gasteiger partial charge in [0.25, 0.3) is 0 Å². The summed E-state index contributed by atoms with van der Waals surface area (Å²) in [7, 11) is 0. The molecule has 2 unspecified atom stereocenters. The van der Waals surface area contributed by atoms with Gasteiger partial charge < -0.3 is 10.6 Å². The molecule has 96 valence electrons. The molecule has 3 heterocycles. The van der Waals surface area contributed by atoms with Crippen LogP contribution in [0.3, 0.4) is 0 Å². The van der Waals surface area contributed by atoms with Gasteiger partial charge in [-0.05, 0) is 18.3 Å². The first-order chi connectivity index (χ1) is 8.65. The molecule has 1 saturated heterocycles. The van der Waals surface area contributed by atoms with Gasteiger partial charge in [0.2, 0.25) is 5.95 Å². The molecule has 0 spiro atoms. The topological polar surface area (TPSA) is 83.7 Å². The van der Waals surface area contributed by atoms with Gasteiger partial charge in [0.05, 0.1) is 11.6 Å². The Hall–Kier alpha value is -1.85. The van der Waals surface area contributed by atoms with Gasteiger partial charge in [0.1, 0.15) is 5.82 Å². The lowest BCUT2D eigenvalue weighted by Gasteiger charge is -2.36. The minimum Gasteiger partial charge on any atom is -0.368 e. The zero-order valence-electron chi connectivity index (χ0n) is 10.7. The smallest absolute Gasteiger partial charge is 0.224 e. The summed E-state index contributed by atoms with van der Waals surface area (Å²) >= 11 is 0. The average Bonchev–Trinajstić information content (AvgIpc) is 2.79. The molecule has 6 nitrogen and oxygen atoms in total. The third-order valence-corrected chi connectivity index (χ3v) is 3.94. The second kappa shape index (κ2) is 4.12. The maximum absolute atomic E-state index is 5.76. The van der Waals surface area contributed by atoms with Gasteiger partial charge in [-0.25, -0.2) is 0 Å². The molecule has 0 bridgehead atoms. The third kappa shape index (κ3) is 1.77. The van der Waals surface area contributed by atoms with Gasteiger partial charge in [0.15, 0.2) is 5.65 Å². The van der Waals surface area contributed by atoms with Crippen molar-refractivity contribution in [3.05, 3.63) is 6.20 Å². The van der Waals surface area contributed by atoms with E-state index in [1.807, 2.05) is 0 Å². The summed E-state index contributed by atoms with van der Waals surface area (Å²) in [6, 6.07) is 0. The molecule has 0 radical (unpaired) electrons. The van der Waals surface area contributed by atoms with Crippen LogP contribution in [0.1, 0.15) is 20.3 Å². The zero-order valence-corrected chi connectivity index (χ0v) is 10.7. The highest BCUT2D eigenvalue weighted by Gasteiger charge is 2.25. The maximum atomic E-state index is 5.76. The molecule has 18 heavy (non-hydrogen) atoms. The van der Waals surface area contributed by atoms with Crippen molar-refractivity contribution in [2.75, 3.05) is 23.7 Å². The number of nitrogen functional groups attached to an aromatic ring is 1. The van der Waals surface area contributed by atoms with Crippen LogP contribution >= 0.6 is 0 Å². The van der Waals surface area contributed by atoms with Gasteiger partial charge in [-0.2, -0.15) is 15.1 Å². The van der Waals surface area contributed by atoms with Gasteiger partial charge >= 0.3 is 0 Å². The molecule has 0 amide bonds. The van der Waals surface area contributed by atoms with Gasteiger partial charge in [0, 0.05) is 13.1 Å². The summed E-state index contributed by atoms with van der Waals surface area (Å²) in [5.74, 6) is 2.63. The van der Waals surface area contributed by atoms with Crippen LogP contribution in [0.25, 0.3) is 11.0 Å². The second-order valence-electron chi connectivity index (χ2n) is 5.23. The van der Waals surface area contributed by atoms with E-state index in [9.17, 15) is 0 Å². The largest absolute Gasteiger partial charge is 0.368 e. The molecule has 1 fully saturated rings. The van der Waals surface area contributed by atoms with Crippen molar-refractivity contribution in [2.24, 2.45) is 11.8 Å². The fraction of sp³-hybridized carbons (Fsp3) is 0.583. The van der Waals surface area contributed by atoms with Gasteiger partial charge in [-0.15, -0.1) is 0 Å². The van der Waals surface area contributed by atoms with E-state index in [1.54, 1.807) is 6.20 Å². The van der Waals surface area contributed by atoms with E-state index in [1.165, 1.54) is 6.42 Å². The highest BCUT2D eigenvalue weighted by atomic mass is 15.2. The zero-order chi connectivity index (χ0) is 12.7. The predicted octanol–water partition coefficient (Wildman–Crippen LogP) is 1.42. The fourth-order valence-corrected chi connectivity index (χ4v) is 2.53. The number of hydrogen-bond acceptors (Lipinski definition) is 5. The minimum absolute atomic E-state index is 0.299. The Bertz CT molecular complexity index is 563. The number of aromatic nitrogens is 4. The normalized spacial score (nSPS) is 24.7. The van der Waals surface area contributed by atoms with Crippen LogP contribution in [0.5, 0.6) is 0 Å². The molecule has 3 rings (SSSR count). The summed E-state index contributed by atoms with van der Waals surface area (Å²) < 4.78 is 0. The van der Waals surface area contributed by atoms with Crippen molar-refractivity contribution in [3.63, 3.8) is 0 Å². The number of rotatable bonds is 1. The van der Waals surface area contributed by atoms with Crippen LogP contribution in [-0.4, -0.2) is 33.3 Å². The summed E-state index contributed by atoms with van der Waals surface area (Å²) in [5, 5.41) is 7.82. The van der Waals surface area contributed by atoms with E-state index in [-0.39, 0.29) is 0 Å². The standard InChI is InChI=1S/C12H18N6/c1-7-3-4-18(6-8(7)2)11-9-5-14-17-10(9)15-12(13)16-11/h5,7-8H,3-4,6H2,1-2H3,(H3,13,14,15,16,17). The van der Waals surface area contributed by atoms with Crippen LogP contribution < -0.4 is 10.6 Å². The molecule has 2 atom stereocenters. The summed E-state index contributed by atoms with van der Waals surface area (Å²) in [5.41, 5.74) is 6.47. The lowest BCUT2D eigenvalue weighted by molar-refractivity contribution is 0.323. The monoisotopic (exact) mass is 246 g/mol. The van der Waals surface area contributed by atoms with Crippen LogP contribution in [-0.2, 0) is 0 Å². The summed E-state index contributed by atoms with van der Waals surface area (Å²) in [6.45, 7) is 6.62. The van der Waals surface area contributed by atoms with Crippen LogP contribution in [0.15, 0.2) is 6.20 Å². The molecule has 6 heteroatoms. The molecule has 3 N–H and O–H groups in total. The van der Waals surface area contributed by atoms with Crippen molar-refractivity contribution >= 4 is 22.8 Å². The van der Waals surface area contributed by atoms with E-state index in [0.717, 1.165) is 30.2 Å². The van der Waals surface area contributed by atoms with Crippen molar-refractivity contribution in [1.29, 1.82) is 0 Å². The molecular weight excluding hydrogens is 228 g/mol. The lowest BCUT2D eigenvalue weighted by atomic mass is 9.88. The molecule has 0 aliphatic carbocycles. The Labute approximate surface area is 106 Å².